The van der Waals surface area contributed by atoms with E-state index in [2.05, 4.69) is 5.32 Å². The summed E-state index contributed by atoms with van der Waals surface area (Å²) < 4.78 is 53.1. The summed E-state index contributed by atoms with van der Waals surface area (Å²) in [5.41, 5.74) is 0.612. The molecular formula is C29H32Cl2FN3O6S. The summed E-state index contributed by atoms with van der Waals surface area (Å²) in [6.07, 6.45) is 0.682. The smallest absolute Gasteiger partial charge is 0.264 e. The number of ether oxygens (including phenoxy) is 2. The maximum Gasteiger partial charge on any atom is 0.264 e. The second kappa shape index (κ2) is 14.6. The monoisotopic (exact) mass is 639 g/mol. The zero-order valence-corrected chi connectivity index (χ0v) is 25.9. The Balaban J connectivity index is 2.07. The molecule has 13 heteroatoms. The maximum absolute atomic E-state index is 14.0. The third-order valence-electron chi connectivity index (χ3n) is 6.39. The number of carbonyl (C=O) groups is 2. The fourth-order valence-corrected chi connectivity index (χ4v) is 5.80. The molecule has 0 fully saturated rings. The Morgan fingerprint density at radius 2 is 1.62 bits per heavy atom. The predicted octanol–water partition coefficient (Wildman–Crippen LogP) is 5.29. The van der Waals surface area contributed by atoms with Gasteiger partial charge in [-0.15, -0.1) is 0 Å². The number of benzene rings is 3. The molecular weight excluding hydrogens is 608 g/mol. The van der Waals surface area contributed by atoms with E-state index in [-0.39, 0.29) is 27.9 Å². The van der Waals surface area contributed by atoms with Gasteiger partial charge in [0.05, 0.1) is 34.8 Å². The number of methoxy groups -OCH3 is 2. The predicted molar refractivity (Wildman–Crippen MR) is 160 cm³/mol. The molecule has 0 aliphatic heterocycles. The van der Waals surface area contributed by atoms with Gasteiger partial charge in [-0.25, -0.2) is 12.8 Å². The molecule has 0 saturated heterocycles. The summed E-state index contributed by atoms with van der Waals surface area (Å²) in [4.78, 5) is 27.9. The zero-order valence-electron chi connectivity index (χ0n) is 23.6. The summed E-state index contributed by atoms with van der Waals surface area (Å²) in [6.45, 7) is 3.07. The van der Waals surface area contributed by atoms with Crippen LogP contribution >= 0.6 is 23.2 Å². The van der Waals surface area contributed by atoms with Crippen molar-refractivity contribution < 1.29 is 31.9 Å². The van der Waals surface area contributed by atoms with Gasteiger partial charge in [-0.05, 0) is 67.4 Å². The van der Waals surface area contributed by atoms with Crippen LogP contribution in [0.1, 0.15) is 25.8 Å². The number of halogens is 3. The Bertz CT molecular complexity index is 1520. The van der Waals surface area contributed by atoms with E-state index >= 15 is 0 Å². The molecule has 0 bridgehead atoms. The van der Waals surface area contributed by atoms with Gasteiger partial charge in [-0.2, -0.15) is 0 Å². The van der Waals surface area contributed by atoms with Gasteiger partial charge in [0.1, 0.15) is 18.4 Å². The van der Waals surface area contributed by atoms with Crippen molar-refractivity contribution in [2.45, 2.75) is 37.8 Å². The fourth-order valence-electron chi connectivity index (χ4n) is 4.05. The van der Waals surface area contributed by atoms with Crippen molar-refractivity contribution in [2.24, 2.45) is 0 Å². The van der Waals surface area contributed by atoms with E-state index in [1.165, 1.54) is 49.5 Å². The Hall–Kier alpha value is -3.54. The Labute approximate surface area is 255 Å². The van der Waals surface area contributed by atoms with Crippen molar-refractivity contribution in [3.63, 3.8) is 0 Å². The van der Waals surface area contributed by atoms with E-state index in [9.17, 15) is 22.4 Å². The van der Waals surface area contributed by atoms with E-state index in [4.69, 9.17) is 32.7 Å². The minimum Gasteiger partial charge on any atom is -0.493 e. The maximum atomic E-state index is 14.0. The fraction of sp³-hybridized carbons (Fsp3) is 0.310. The average molecular weight is 641 g/mol. The van der Waals surface area contributed by atoms with Crippen LogP contribution in [-0.4, -0.2) is 58.5 Å². The number of hydrogen-bond donors (Lipinski definition) is 1. The Morgan fingerprint density at radius 3 is 2.21 bits per heavy atom. The lowest BCUT2D eigenvalue weighted by Crippen LogP contribution is -2.51. The molecule has 9 nitrogen and oxygen atoms in total. The van der Waals surface area contributed by atoms with Gasteiger partial charge < -0.3 is 19.7 Å². The highest BCUT2D eigenvalue weighted by Gasteiger charge is 2.33. The van der Waals surface area contributed by atoms with Crippen molar-refractivity contribution in [1.29, 1.82) is 0 Å². The summed E-state index contributed by atoms with van der Waals surface area (Å²) >= 11 is 12.2. The number of nitrogens with zero attached hydrogens (tertiary/aromatic N) is 2. The summed E-state index contributed by atoms with van der Waals surface area (Å²) in [6, 6.07) is 12.5. The normalized spacial score (nSPS) is 11.9. The van der Waals surface area contributed by atoms with E-state index in [1.54, 1.807) is 25.1 Å². The van der Waals surface area contributed by atoms with Gasteiger partial charge in [-0.1, -0.05) is 36.2 Å². The molecule has 0 aliphatic rings. The second-order valence-corrected chi connectivity index (χ2v) is 11.9. The summed E-state index contributed by atoms with van der Waals surface area (Å²) in [5.74, 6) is -1.22. The minimum absolute atomic E-state index is 0.0390. The number of hydrogen-bond acceptors (Lipinski definition) is 6. The molecule has 226 valence electrons. The van der Waals surface area contributed by atoms with Crippen LogP contribution in [0.25, 0.3) is 0 Å². The lowest BCUT2D eigenvalue weighted by molar-refractivity contribution is -0.139. The molecule has 0 spiro atoms. The highest BCUT2D eigenvalue weighted by molar-refractivity contribution is 7.92. The van der Waals surface area contributed by atoms with Gasteiger partial charge in [0.25, 0.3) is 10.0 Å². The van der Waals surface area contributed by atoms with E-state index in [0.29, 0.717) is 29.3 Å². The number of rotatable bonds is 13. The third-order valence-corrected chi connectivity index (χ3v) is 8.90. The molecule has 2 amide bonds. The molecule has 0 aromatic heterocycles. The van der Waals surface area contributed by atoms with Crippen LogP contribution in [-0.2, 0) is 26.2 Å². The van der Waals surface area contributed by atoms with Crippen LogP contribution in [0.3, 0.4) is 0 Å². The van der Waals surface area contributed by atoms with Crippen LogP contribution in [0, 0.1) is 5.82 Å². The Kier molecular flexibility index (Phi) is 11.4. The zero-order chi connectivity index (χ0) is 31.0. The van der Waals surface area contributed by atoms with Crippen molar-refractivity contribution >= 4 is 50.7 Å². The first-order valence-electron chi connectivity index (χ1n) is 12.9. The van der Waals surface area contributed by atoms with Crippen molar-refractivity contribution in [2.75, 3.05) is 31.6 Å². The quantitative estimate of drug-likeness (QED) is 0.273. The van der Waals surface area contributed by atoms with Crippen LogP contribution < -0.4 is 19.1 Å². The molecule has 0 saturated carbocycles. The topological polar surface area (TPSA) is 105 Å². The Morgan fingerprint density at radius 1 is 0.952 bits per heavy atom. The van der Waals surface area contributed by atoms with Crippen LogP contribution in [0.15, 0.2) is 65.6 Å². The van der Waals surface area contributed by atoms with Crippen LogP contribution in [0.2, 0.25) is 10.0 Å². The van der Waals surface area contributed by atoms with Crippen molar-refractivity contribution in [1.82, 2.24) is 10.2 Å². The molecule has 0 heterocycles. The second-order valence-electron chi connectivity index (χ2n) is 9.24. The lowest BCUT2D eigenvalue weighted by Gasteiger charge is -2.32. The molecule has 3 aromatic rings. The summed E-state index contributed by atoms with van der Waals surface area (Å²) in [5, 5.41) is 3.34. The first-order chi connectivity index (χ1) is 19.9. The number of nitrogens with one attached hydrogen (secondary N) is 1. The van der Waals surface area contributed by atoms with E-state index < -0.39 is 40.2 Å². The standard InChI is InChI=1S/C29H32Cl2FN3O6S/c1-5-14-33-29(37)19(2)34(17-20-6-12-24(30)25(31)15-20)28(36)18-35(22-9-7-21(32)8-10-22)42(38,39)23-11-13-26(40-3)27(16-23)41-4/h6-13,15-16,19H,5,14,17-18H2,1-4H3,(H,33,37)/t19-/m0/s1. The first-order valence-corrected chi connectivity index (χ1v) is 15.1. The molecule has 3 rings (SSSR count). The molecule has 0 aliphatic carbocycles. The van der Waals surface area contributed by atoms with Gasteiger partial charge >= 0.3 is 0 Å². The van der Waals surface area contributed by atoms with E-state index in [1.807, 2.05) is 6.92 Å². The average Bonchev–Trinajstić information content (AvgIpc) is 2.98. The molecule has 3 aromatic carbocycles. The largest absolute Gasteiger partial charge is 0.493 e. The molecule has 0 radical (unpaired) electrons. The van der Waals surface area contributed by atoms with Crippen LogP contribution in [0.5, 0.6) is 11.5 Å². The first kappa shape index (κ1) is 33.0. The molecule has 0 unspecified atom stereocenters. The van der Waals surface area contributed by atoms with Crippen molar-refractivity contribution in [3.05, 3.63) is 82.1 Å². The summed E-state index contributed by atoms with van der Waals surface area (Å²) in [7, 11) is -1.63. The minimum atomic E-state index is -4.41. The van der Waals surface area contributed by atoms with Gasteiger partial charge in [0.2, 0.25) is 11.8 Å². The molecule has 42 heavy (non-hydrogen) atoms. The highest BCUT2D eigenvalue weighted by Crippen LogP contribution is 2.32. The highest BCUT2D eigenvalue weighted by atomic mass is 35.5. The number of amides is 2. The number of carbonyl (C=O) groups excluding carboxylic acids is 2. The number of sulfonamides is 1. The van der Waals surface area contributed by atoms with Crippen molar-refractivity contribution in [3.8, 4) is 11.5 Å². The van der Waals surface area contributed by atoms with E-state index in [0.717, 1.165) is 16.4 Å². The van der Waals surface area contributed by atoms with Crippen LogP contribution in [0.4, 0.5) is 10.1 Å². The van der Waals surface area contributed by atoms with Gasteiger partial charge in [-0.3, -0.25) is 13.9 Å². The van der Waals surface area contributed by atoms with Gasteiger partial charge in [0.15, 0.2) is 11.5 Å². The molecule has 1 N–H and O–H groups in total. The SMILES string of the molecule is CCCNC(=O)[C@H](C)N(Cc1ccc(Cl)c(Cl)c1)C(=O)CN(c1ccc(F)cc1)S(=O)(=O)c1ccc(OC)c(OC)c1. The number of anilines is 1. The lowest BCUT2D eigenvalue weighted by atomic mass is 10.1. The van der Waals surface area contributed by atoms with Gasteiger partial charge in [0, 0.05) is 19.2 Å². The third kappa shape index (κ3) is 7.84. The molecule has 1 atom stereocenters.